The molecule has 0 unspecified atom stereocenters. The quantitative estimate of drug-likeness (QED) is 0.690. The maximum absolute atomic E-state index is 12.7. The van der Waals surface area contributed by atoms with Crippen molar-refractivity contribution in [2.24, 2.45) is 5.92 Å². The Kier molecular flexibility index (Phi) is 5.47. The van der Waals surface area contributed by atoms with E-state index < -0.39 is 10.0 Å². The van der Waals surface area contributed by atoms with Crippen molar-refractivity contribution in [1.29, 1.82) is 0 Å². The van der Waals surface area contributed by atoms with E-state index in [-0.39, 0.29) is 0 Å². The van der Waals surface area contributed by atoms with Crippen LogP contribution in [0, 0.1) is 5.92 Å². The highest BCUT2D eigenvalue weighted by atomic mass is 35.5. The van der Waals surface area contributed by atoms with Crippen molar-refractivity contribution in [2.45, 2.75) is 37.5 Å². The molecular weight excluding hydrogens is 294 g/mol. The Hall–Kier alpha value is -0.580. The van der Waals surface area contributed by atoms with Crippen molar-refractivity contribution < 1.29 is 8.42 Å². The minimum absolute atomic E-state index is 0.393. The molecule has 0 atom stereocenters. The van der Waals surface area contributed by atoms with Gasteiger partial charge in [0, 0.05) is 19.0 Å². The van der Waals surface area contributed by atoms with Crippen LogP contribution in [-0.4, -0.2) is 31.7 Å². The summed E-state index contributed by atoms with van der Waals surface area (Å²) < 4.78 is 26.9. The molecule has 3 nitrogen and oxygen atoms in total. The third-order valence-corrected chi connectivity index (χ3v) is 5.64. The van der Waals surface area contributed by atoms with Gasteiger partial charge in [0.1, 0.15) is 0 Å². The van der Waals surface area contributed by atoms with Gasteiger partial charge in [0.05, 0.1) is 4.90 Å². The summed E-state index contributed by atoms with van der Waals surface area (Å²) in [6.45, 7) is 3.28. The average molecular weight is 316 g/mol. The molecule has 0 saturated heterocycles. The van der Waals surface area contributed by atoms with Crippen molar-refractivity contribution >= 4 is 21.6 Å². The number of aryl methyl sites for hydroxylation is 1. The Balaban J connectivity index is 2.17. The summed E-state index contributed by atoms with van der Waals surface area (Å²) in [5.41, 5.74) is 1.07. The molecule has 20 heavy (non-hydrogen) atoms. The molecule has 0 heterocycles. The van der Waals surface area contributed by atoms with Gasteiger partial charge >= 0.3 is 0 Å². The molecular formula is C15H22ClNO2S. The fourth-order valence-corrected chi connectivity index (χ4v) is 4.06. The van der Waals surface area contributed by atoms with Gasteiger partial charge in [-0.1, -0.05) is 19.1 Å². The van der Waals surface area contributed by atoms with Gasteiger partial charge in [-0.3, -0.25) is 0 Å². The van der Waals surface area contributed by atoms with Crippen LogP contribution in [0.4, 0.5) is 0 Å². The van der Waals surface area contributed by atoms with Crippen LogP contribution in [0.2, 0.25) is 0 Å². The fourth-order valence-electron chi connectivity index (χ4n) is 2.23. The summed E-state index contributed by atoms with van der Waals surface area (Å²) in [5, 5.41) is 0. The van der Waals surface area contributed by atoms with Crippen LogP contribution >= 0.6 is 11.6 Å². The Morgan fingerprint density at radius 1 is 1.25 bits per heavy atom. The van der Waals surface area contributed by atoms with E-state index in [1.54, 1.807) is 16.4 Å². The van der Waals surface area contributed by atoms with Gasteiger partial charge in [0.25, 0.3) is 0 Å². The van der Waals surface area contributed by atoms with Crippen LogP contribution in [0.3, 0.4) is 0 Å². The predicted octanol–water partition coefficient (Wildman–Crippen LogP) is 3.28. The van der Waals surface area contributed by atoms with Crippen LogP contribution in [0.1, 0.15) is 31.7 Å². The molecule has 0 radical (unpaired) electrons. The van der Waals surface area contributed by atoms with Crippen molar-refractivity contribution in [2.75, 3.05) is 19.0 Å². The number of hydrogen-bond acceptors (Lipinski definition) is 2. The molecule has 2 rings (SSSR count). The fraction of sp³-hybridized carbons (Fsp3) is 0.600. The number of halogens is 1. The maximum Gasteiger partial charge on any atom is 0.243 e. The first kappa shape index (κ1) is 15.8. The van der Waals surface area contributed by atoms with E-state index in [1.807, 2.05) is 19.1 Å². The van der Waals surface area contributed by atoms with Crippen molar-refractivity contribution in [1.82, 2.24) is 4.31 Å². The summed E-state index contributed by atoms with van der Waals surface area (Å²) >= 11 is 5.70. The number of nitrogens with zero attached hydrogens (tertiary/aromatic N) is 1. The van der Waals surface area contributed by atoms with Gasteiger partial charge < -0.3 is 0 Å². The maximum atomic E-state index is 12.7. The molecule has 0 bridgehead atoms. The molecule has 1 aliphatic rings. The summed E-state index contributed by atoms with van der Waals surface area (Å²) in [7, 11) is -3.35. The monoisotopic (exact) mass is 315 g/mol. The van der Waals surface area contributed by atoms with Gasteiger partial charge in [0.2, 0.25) is 10.0 Å². The Morgan fingerprint density at radius 2 is 1.90 bits per heavy atom. The zero-order chi connectivity index (χ0) is 14.6. The minimum atomic E-state index is -3.35. The van der Waals surface area contributed by atoms with Gasteiger partial charge in [-0.25, -0.2) is 8.42 Å². The molecule has 0 aromatic heterocycles. The highest BCUT2D eigenvalue weighted by molar-refractivity contribution is 7.89. The second-order valence-electron chi connectivity index (χ2n) is 5.39. The van der Waals surface area contributed by atoms with Gasteiger partial charge in [-0.2, -0.15) is 4.31 Å². The number of rotatable bonds is 8. The third kappa shape index (κ3) is 3.96. The molecule has 1 aromatic carbocycles. The lowest BCUT2D eigenvalue weighted by Gasteiger charge is -2.21. The van der Waals surface area contributed by atoms with E-state index in [0.717, 1.165) is 31.2 Å². The second-order valence-corrected chi connectivity index (χ2v) is 7.71. The number of hydrogen-bond donors (Lipinski definition) is 0. The molecule has 0 amide bonds. The molecule has 0 N–H and O–H groups in total. The molecule has 5 heteroatoms. The lowest BCUT2D eigenvalue weighted by molar-refractivity contribution is 0.395. The number of alkyl halides is 1. The Morgan fingerprint density at radius 3 is 2.40 bits per heavy atom. The molecule has 1 aliphatic carbocycles. The number of benzene rings is 1. The zero-order valence-corrected chi connectivity index (χ0v) is 13.5. The van der Waals surface area contributed by atoms with Crippen molar-refractivity contribution in [3.8, 4) is 0 Å². The lowest BCUT2D eigenvalue weighted by Crippen LogP contribution is -2.33. The highest BCUT2D eigenvalue weighted by Gasteiger charge is 2.31. The van der Waals surface area contributed by atoms with Crippen molar-refractivity contribution in [3.05, 3.63) is 29.8 Å². The summed E-state index contributed by atoms with van der Waals surface area (Å²) in [6, 6.07) is 7.12. The van der Waals surface area contributed by atoms with Crippen LogP contribution in [0.5, 0.6) is 0 Å². The minimum Gasteiger partial charge on any atom is -0.207 e. The number of sulfonamides is 1. The summed E-state index contributed by atoms with van der Waals surface area (Å²) in [5.74, 6) is 1.11. The molecule has 0 spiro atoms. The van der Waals surface area contributed by atoms with E-state index in [0.29, 0.717) is 29.8 Å². The molecule has 1 fully saturated rings. The summed E-state index contributed by atoms with van der Waals surface area (Å²) in [4.78, 5) is 0.393. The van der Waals surface area contributed by atoms with Crippen molar-refractivity contribution in [3.63, 3.8) is 0 Å². The molecule has 1 aromatic rings. The first-order valence-electron chi connectivity index (χ1n) is 7.23. The Bertz CT molecular complexity index is 523. The highest BCUT2D eigenvalue weighted by Crippen LogP contribution is 2.31. The topological polar surface area (TPSA) is 37.4 Å². The van der Waals surface area contributed by atoms with E-state index in [4.69, 9.17) is 11.6 Å². The average Bonchev–Trinajstić information content (AvgIpc) is 3.23. The SMILES string of the molecule is CCCN(CC1CC1)S(=O)(=O)c1ccc(CCCl)cc1. The predicted molar refractivity (Wildman–Crippen MR) is 82.6 cm³/mol. The van der Waals surface area contributed by atoms with Crippen LogP contribution < -0.4 is 0 Å². The largest absolute Gasteiger partial charge is 0.243 e. The zero-order valence-electron chi connectivity index (χ0n) is 11.9. The van der Waals surface area contributed by atoms with E-state index >= 15 is 0 Å². The van der Waals surface area contributed by atoms with Crippen LogP contribution in [-0.2, 0) is 16.4 Å². The first-order valence-corrected chi connectivity index (χ1v) is 9.20. The van der Waals surface area contributed by atoms with E-state index in [9.17, 15) is 8.42 Å². The molecule has 112 valence electrons. The third-order valence-electron chi connectivity index (χ3n) is 3.58. The summed E-state index contributed by atoms with van der Waals surface area (Å²) in [6.07, 6.45) is 3.92. The molecule has 1 saturated carbocycles. The standard InChI is InChI=1S/C15H22ClNO2S/c1-2-11-17(12-14-3-4-14)20(18,19)15-7-5-13(6-8-15)9-10-16/h5-8,14H,2-4,9-12H2,1H3. The Labute approximate surface area is 127 Å². The second kappa shape index (κ2) is 6.92. The van der Waals surface area contributed by atoms with Crippen LogP contribution in [0.25, 0.3) is 0 Å². The normalized spacial score (nSPS) is 15.8. The van der Waals surface area contributed by atoms with E-state index in [2.05, 4.69) is 0 Å². The van der Waals surface area contributed by atoms with Crippen LogP contribution in [0.15, 0.2) is 29.2 Å². The van der Waals surface area contributed by atoms with Gasteiger partial charge in [0.15, 0.2) is 0 Å². The lowest BCUT2D eigenvalue weighted by atomic mass is 10.2. The first-order chi connectivity index (χ1) is 9.57. The van der Waals surface area contributed by atoms with Gasteiger partial charge in [-0.15, -0.1) is 11.6 Å². The van der Waals surface area contributed by atoms with Gasteiger partial charge in [-0.05, 0) is 49.3 Å². The smallest absolute Gasteiger partial charge is 0.207 e. The van der Waals surface area contributed by atoms with E-state index in [1.165, 1.54) is 0 Å². The molecule has 0 aliphatic heterocycles.